The van der Waals surface area contributed by atoms with Gasteiger partial charge in [-0.1, -0.05) is 12.1 Å². The molecule has 1 saturated heterocycles. The molecule has 1 heterocycles. The van der Waals surface area contributed by atoms with Crippen LogP contribution in [0.4, 0.5) is 17.6 Å². The van der Waals surface area contributed by atoms with E-state index in [-0.39, 0.29) is 18.2 Å². The fraction of sp³-hybridized carbons (Fsp3) is 0.538. The van der Waals surface area contributed by atoms with Crippen LogP contribution >= 0.6 is 0 Å². The van der Waals surface area contributed by atoms with E-state index in [9.17, 15) is 17.6 Å². The highest BCUT2D eigenvalue weighted by molar-refractivity contribution is 5.28. The first-order valence-corrected chi connectivity index (χ1v) is 6.18. The summed E-state index contributed by atoms with van der Waals surface area (Å²) in [5.41, 5.74) is -1.09. The van der Waals surface area contributed by atoms with E-state index in [0.717, 1.165) is 12.6 Å². The number of rotatable bonds is 2. The maximum atomic E-state index is 13.9. The second-order valence-electron chi connectivity index (χ2n) is 4.87. The number of nitrogens with one attached hydrogen (secondary N) is 1. The van der Waals surface area contributed by atoms with E-state index in [1.165, 1.54) is 12.1 Å². The Bertz CT molecular complexity index is 445. The van der Waals surface area contributed by atoms with Gasteiger partial charge >= 0.3 is 6.18 Å². The highest BCUT2D eigenvalue weighted by Crippen LogP contribution is 2.32. The van der Waals surface area contributed by atoms with E-state index in [1.807, 2.05) is 11.8 Å². The molecule has 1 fully saturated rings. The van der Waals surface area contributed by atoms with Gasteiger partial charge in [-0.15, -0.1) is 0 Å². The Morgan fingerprint density at radius 2 is 2.11 bits per heavy atom. The Balaban J connectivity index is 2.17. The minimum atomic E-state index is -4.64. The lowest BCUT2D eigenvalue weighted by Gasteiger charge is -2.32. The second kappa shape index (κ2) is 5.46. The van der Waals surface area contributed by atoms with Crippen LogP contribution < -0.4 is 5.32 Å². The maximum Gasteiger partial charge on any atom is 0.419 e. The van der Waals surface area contributed by atoms with Crippen molar-refractivity contribution in [3.05, 3.63) is 35.1 Å². The van der Waals surface area contributed by atoms with Crippen LogP contribution in [-0.2, 0) is 12.7 Å². The summed E-state index contributed by atoms with van der Waals surface area (Å²) in [5.74, 6) is -1.15. The number of hydrogen-bond acceptors (Lipinski definition) is 2. The summed E-state index contributed by atoms with van der Waals surface area (Å²) in [6.45, 7) is 4.38. The number of alkyl halides is 3. The van der Waals surface area contributed by atoms with E-state index in [0.29, 0.717) is 13.1 Å². The van der Waals surface area contributed by atoms with Crippen LogP contribution in [0.15, 0.2) is 18.2 Å². The van der Waals surface area contributed by atoms with Gasteiger partial charge in [0.2, 0.25) is 0 Å². The van der Waals surface area contributed by atoms with Crippen LogP contribution in [0.3, 0.4) is 0 Å². The third-order valence-corrected chi connectivity index (χ3v) is 3.23. The van der Waals surface area contributed by atoms with Crippen LogP contribution in [0.5, 0.6) is 0 Å². The van der Waals surface area contributed by atoms with Crippen molar-refractivity contribution in [1.29, 1.82) is 0 Å². The van der Waals surface area contributed by atoms with Crippen LogP contribution in [0.1, 0.15) is 18.1 Å². The molecule has 1 unspecified atom stereocenters. The molecule has 6 heteroatoms. The van der Waals surface area contributed by atoms with E-state index in [4.69, 9.17) is 0 Å². The van der Waals surface area contributed by atoms with Crippen molar-refractivity contribution in [2.75, 3.05) is 19.6 Å². The van der Waals surface area contributed by atoms with Gasteiger partial charge in [0, 0.05) is 37.8 Å². The lowest BCUT2D eigenvalue weighted by atomic mass is 10.1. The fourth-order valence-corrected chi connectivity index (χ4v) is 2.32. The predicted molar refractivity (Wildman–Crippen MR) is 64.1 cm³/mol. The molecular formula is C13H16F4N2. The van der Waals surface area contributed by atoms with Crippen LogP contribution in [0, 0.1) is 5.82 Å². The summed E-state index contributed by atoms with van der Waals surface area (Å²) in [4.78, 5) is 1.96. The Morgan fingerprint density at radius 1 is 1.37 bits per heavy atom. The molecule has 1 aromatic carbocycles. The molecule has 1 aliphatic heterocycles. The van der Waals surface area contributed by atoms with E-state index < -0.39 is 17.6 Å². The summed E-state index contributed by atoms with van der Waals surface area (Å²) in [7, 11) is 0. The maximum absolute atomic E-state index is 13.9. The molecular weight excluding hydrogens is 260 g/mol. The summed E-state index contributed by atoms with van der Waals surface area (Å²) >= 11 is 0. The average Bonchev–Trinajstić information content (AvgIpc) is 2.30. The van der Waals surface area contributed by atoms with Crippen molar-refractivity contribution >= 4 is 0 Å². The largest absolute Gasteiger partial charge is 0.419 e. The minimum absolute atomic E-state index is 0.101. The second-order valence-corrected chi connectivity index (χ2v) is 4.87. The third kappa shape index (κ3) is 3.45. The smallest absolute Gasteiger partial charge is 0.312 e. The molecule has 1 atom stereocenters. The highest BCUT2D eigenvalue weighted by atomic mass is 19.4. The summed E-state index contributed by atoms with van der Waals surface area (Å²) in [5, 5.41) is 3.23. The van der Waals surface area contributed by atoms with Crippen molar-refractivity contribution < 1.29 is 17.6 Å². The van der Waals surface area contributed by atoms with Gasteiger partial charge in [-0.25, -0.2) is 4.39 Å². The molecule has 2 rings (SSSR count). The Morgan fingerprint density at radius 3 is 2.74 bits per heavy atom. The third-order valence-electron chi connectivity index (χ3n) is 3.23. The van der Waals surface area contributed by atoms with Gasteiger partial charge in [0.1, 0.15) is 5.82 Å². The van der Waals surface area contributed by atoms with Crippen molar-refractivity contribution in [3.63, 3.8) is 0 Å². The molecule has 2 nitrogen and oxygen atoms in total. The molecule has 1 aromatic rings. The van der Waals surface area contributed by atoms with Crippen molar-refractivity contribution in [3.8, 4) is 0 Å². The fourth-order valence-electron chi connectivity index (χ4n) is 2.32. The molecule has 0 bridgehead atoms. The normalized spacial score (nSPS) is 21.6. The summed E-state index contributed by atoms with van der Waals surface area (Å²) in [6, 6.07) is 3.71. The standard InChI is InChI=1S/C13H16F4N2/c1-9-7-19(6-5-18-9)8-10-3-2-4-11(12(10)14)13(15,16)17/h2-4,9,18H,5-8H2,1H3. The highest BCUT2D eigenvalue weighted by Gasteiger charge is 2.35. The molecule has 0 aliphatic carbocycles. The van der Waals surface area contributed by atoms with Gasteiger partial charge in [-0.3, -0.25) is 4.90 Å². The van der Waals surface area contributed by atoms with E-state index in [1.54, 1.807) is 0 Å². The Kier molecular flexibility index (Phi) is 4.10. The van der Waals surface area contributed by atoms with Crippen molar-refractivity contribution in [1.82, 2.24) is 10.2 Å². The Hall–Kier alpha value is -1.14. The number of halogens is 4. The summed E-state index contributed by atoms with van der Waals surface area (Å²) < 4.78 is 51.7. The van der Waals surface area contributed by atoms with Crippen molar-refractivity contribution in [2.45, 2.75) is 25.7 Å². The van der Waals surface area contributed by atoms with Crippen molar-refractivity contribution in [2.24, 2.45) is 0 Å². The molecule has 0 spiro atoms. The van der Waals surface area contributed by atoms with Crippen LogP contribution in [-0.4, -0.2) is 30.6 Å². The topological polar surface area (TPSA) is 15.3 Å². The zero-order valence-electron chi connectivity index (χ0n) is 10.6. The zero-order chi connectivity index (χ0) is 14.0. The van der Waals surface area contributed by atoms with Gasteiger partial charge < -0.3 is 5.32 Å². The molecule has 19 heavy (non-hydrogen) atoms. The van der Waals surface area contributed by atoms with Crippen LogP contribution in [0.25, 0.3) is 0 Å². The quantitative estimate of drug-likeness (QED) is 0.835. The molecule has 0 aromatic heterocycles. The van der Waals surface area contributed by atoms with E-state index >= 15 is 0 Å². The van der Waals surface area contributed by atoms with Gasteiger partial charge in [0.25, 0.3) is 0 Å². The lowest BCUT2D eigenvalue weighted by Crippen LogP contribution is -2.48. The average molecular weight is 276 g/mol. The zero-order valence-corrected chi connectivity index (χ0v) is 10.6. The first kappa shape index (κ1) is 14.3. The first-order valence-electron chi connectivity index (χ1n) is 6.18. The Labute approximate surface area is 109 Å². The SMILES string of the molecule is CC1CN(Cc2cccc(C(F)(F)F)c2F)CCN1. The molecule has 0 saturated carbocycles. The molecule has 106 valence electrons. The molecule has 1 N–H and O–H groups in total. The van der Waals surface area contributed by atoms with Gasteiger partial charge in [0.05, 0.1) is 5.56 Å². The molecule has 0 radical (unpaired) electrons. The predicted octanol–water partition coefficient (Wildman–Crippen LogP) is 2.64. The molecule has 1 aliphatic rings. The van der Waals surface area contributed by atoms with Gasteiger partial charge in [-0.05, 0) is 13.0 Å². The minimum Gasteiger partial charge on any atom is -0.312 e. The van der Waals surface area contributed by atoms with Gasteiger partial charge in [-0.2, -0.15) is 13.2 Å². The first-order chi connectivity index (χ1) is 8.88. The lowest BCUT2D eigenvalue weighted by molar-refractivity contribution is -0.140. The number of hydrogen-bond donors (Lipinski definition) is 1. The van der Waals surface area contributed by atoms with Crippen LogP contribution in [0.2, 0.25) is 0 Å². The number of benzene rings is 1. The summed E-state index contributed by atoms with van der Waals surface area (Å²) in [6.07, 6.45) is -4.64. The van der Waals surface area contributed by atoms with Gasteiger partial charge in [0.15, 0.2) is 0 Å². The number of piperazine rings is 1. The van der Waals surface area contributed by atoms with E-state index in [2.05, 4.69) is 5.32 Å². The number of nitrogens with zero attached hydrogens (tertiary/aromatic N) is 1. The monoisotopic (exact) mass is 276 g/mol. The molecule has 0 amide bonds.